The minimum absolute atomic E-state index is 0.00643. The van der Waals surface area contributed by atoms with E-state index in [0.717, 1.165) is 6.08 Å². The highest BCUT2D eigenvalue weighted by Gasteiger charge is 2.39. The van der Waals surface area contributed by atoms with Gasteiger partial charge >= 0.3 is 0 Å². The fourth-order valence-electron chi connectivity index (χ4n) is 2.49. The normalized spacial score (nSPS) is 27.2. The van der Waals surface area contributed by atoms with Gasteiger partial charge in [-0.25, -0.2) is 0 Å². The highest BCUT2D eigenvalue weighted by molar-refractivity contribution is 5.90. The van der Waals surface area contributed by atoms with E-state index in [4.69, 9.17) is 0 Å². The number of carboxylic acids is 1. The third kappa shape index (κ3) is 4.16. The van der Waals surface area contributed by atoms with E-state index in [0.29, 0.717) is 5.69 Å². The van der Waals surface area contributed by atoms with Crippen LogP contribution in [-0.4, -0.2) is 45.0 Å². The van der Waals surface area contributed by atoms with Gasteiger partial charge in [0.05, 0.1) is 12.1 Å². The summed E-state index contributed by atoms with van der Waals surface area (Å²) < 4.78 is 0. The Morgan fingerprint density at radius 3 is 2.52 bits per heavy atom. The second kappa shape index (κ2) is 6.91. The molecule has 0 aromatic heterocycles. The second-order valence-corrected chi connectivity index (χ2v) is 5.56. The van der Waals surface area contributed by atoms with Crippen LogP contribution in [-0.2, 0) is 9.59 Å². The number of para-hydroxylation sites is 1. The first-order chi connectivity index (χ1) is 10.8. The van der Waals surface area contributed by atoms with Gasteiger partial charge in [0.1, 0.15) is 11.7 Å². The number of anilines is 1. The number of hydrogen-bond donors (Lipinski definition) is 4. The topological polar surface area (TPSA) is 130 Å². The monoisotopic (exact) mass is 320 g/mol. The fourth-order valence-corrected chi connectivity index (χ4v) is 2.49. The average Bonchev–Trinajstić information content (AvgIpc) is 2.50. The van der Waals surface area contributed by atoms with Crippen LogP contribution in [0.15, 0.2) is 42.0 Å². The van der Waals surface area contributed by atoms with Gasteiger partial charge in [0, 0.05) is 18.5 Å². The molecule has 0 saturated heterocycles. The smallest absolute Gasteiger partial charge is 0.224 e. The van der Waals surface area contributed by atoms with Crippen molar-refractivity contribution in [1.82, 2.24) is 0 Å². The summed E-state index contributed by atoms with van der Waals surface area (Å²) in [6.07, 6.45) is -2.39. The number of carbonyl (C=O) groups is 2. The number of nitrogens with one attached hydrogen (secondary N) is 1. The maximum Gasteiger partial charge on any atom is 0.224 e. The molecule has 0 fully saturated rings. The van der Waals surface area contributed by atoms with Crippen molar-refractivity contribution in [3.05, 3.63) is 42.0 Å². The molecule has 7 heteroatoms. The quantitative estimate of drug-likeness (QED) is 0.512. The lowest BCUT2D eigenvalue weighted by molar-refractivity contribution is -0.323. The summed E-state index contributed by atoms with van der Waals surface area (Å²) in [7, 11) is 0. The van der Waals surface area contributed by atoms with Crippen LogP contribution in [0.2, 0.25) is 0 Å². The maximum atomic E-state index is 11.9. The minimum Gasteiger partial charge on any atom is -0.547 e. The van der Waals surface area contributed by atoms with E-state index in [1.165, 1.54) is 0 Å². The fraction of sp³-hybridized carbons (Fsp3) is 0.375. The van der Waals surface area contributed by atoms with E-state index in [9.17, 15) is 30.0 Å². The van der Waals surface area contributed by atoms with Gasteiger partial charge in [-0.3, -0.25) is 4.79 Å². The van der Waals surface area contributed by atoms with Crippen molar-refractivity contribution in [2.45, 2.75) is 37.1 Å². The predicted octanol–water partition coefficient (Wildman–Crippen LogP) is -1.06. The van der Waals surface area contributed by atoms with Crippen LogP contribution in [0.4, 0.5) is 5.69 Å². The van der Waals surface area contributed by atoms with E-state index in [1.807, 2.05) is 0 Å². The van der Waals surface area contributed by atoms with E-state index >= 15 is 0 Å². The molecule has 1 amide bonds. The molecule has 4 N–H and O–H groups in total. The zero-order chi connectivity index (χ0) is 17.0. The Morgan fingerprint density at radius 2 is 1.91 bits per heavy atom. The van der Waals surface area contributed by atoms with Crippen molar-refractivity contribution in [2.24, 2.45) is 0 Å². The van der Waals surface area contributed by atoms with Crippen LogP contribution in [0.25, 0.3) is 0 Å². The number of hydrogen-bond acceptors (Lipinski definition) is 6. The molecule has 7 nitrogen and oxygen atoms in total. The number of aliphatic carboxylic acids is 1. The van der Waals surface area contributed by atoms with Gasteiger partial charge in [-0.15, -0.1) is 0 Å². The van der Waals surface area contributed by atoms with Crippen LogP contribution in [0.3, 0.4) is 0 Å². The molecular weight excluding hydrogens is 302 g/mol. The van der Waals surface area contributed by atoms with E-state index in [1.54, 1.807) is 30.3 Å². The Bertz CT molecular complexity index is 614. The number of aliphatic hydroxyl groups excluding tert-OH is 2. The van der Waals surface area contributed by atoms with Crippen molar-refractivity contribution >= 4 is 17.6 Å². The lowest BCUT2D eigenvalue weighted by atomic mass is 9.81. The van der Waals surface area contributed by atoms with Crippen molar-refractivity contribution in [3.8, 4) is 0 Å². The van der Waals surface area contributed by atoms with Crippen molar-refractivity contribution in [3.63, 3.8) is 0 Å². The first kappa shape index (κ1) is 17.1. The molecule has 1 aromatic rings. The van der Waals surface area contributed by atoms with Gasteiger partial charge in [-0.1, -0.05) is 18.2 Å². The molecule has 23 heavy (non-hydrogen) atoms. The van der Waals surface area contributed by atoms with Crippen LogP contribution >= 0.6 is 0 Å². The molecular formula is C16H18NO6-. The van der Waals surface area contributed by atoms with Crippen LogP contribution in [0.1, 0.15) is 19.3 Å². The molecule has 3 atom stereocenters. The highest BCUT2D eigenvalue weighted by atomic mass is 16.4. The summed E-state index contributed by atoms with van der Waals surface area (Å²) in [4.78, 5) is 22.8. The predicted molar refractivity (Wildman–Crippen MR) is 79.0 cm³/mol. The van der Waals surface area contributed by atoms with Gasteiger partial charge in [0.15, 0.2) is 0 Å². The van der Waals surface area contributed by atoms with E-state index in [-0.39, 0.29) is 24.3 Å². The van der Waals surface area contributed by atoms with Crippen LogP contribution < -0.4 is 10.4 Å². The summed E-state index contributed by atoms with van der Waals surface area (Å²) >= 11 is 0. The van der Waals surface area contributed by atoms with Crippen molar-refractivity contribution < 1.29 is 30.0 Å². The third-order valence-electron chi connectivity index (χ3n) is 3.74. The molecule has 0 saturated carbocycles. The molecule has 2 rings (SSSR count). The first-order valence-corrected chi connectivity index (χ1v) is 7.18. The highest BCUT2D eigenvalue weighted by Crippen LogP contribution is 2.29. The number of benzene rings is 1. The number of carboxylic acid groups (broad SMARTS) is 1. The van der Waals surface area contributed by atoms with Crippen molar-refractivity contribution in [2.75, 3.05) is 5.32 Å². The number of aliphatic hydroxyl groups is 3. The standard InChI is InChI=1S/C16H19NO6/c18-12-9-16(23,15(21)22)8-10(14(12)20)6-7-13(19)17-11-4-2-1-3-5-11/h1-5,8,12,14,18,20,23H,6-7,9H2,(H,17,19)(H,21,22)/p-1/t12-,14-,16+/m1/s1. The molecule has 0 bridgehead atoms. The Hall–Kier alpha value is -2.22. The first-order valence-electron chi connectivity index (χ1n) is 7.18. The molecule has 0 aliphatic heterocycles. The van der Waals surface area contributed by atoms with E-state index in [2.05, 4.69) is 5.32 Å². The SMILES string of the molecule is O=C(CCC1=C[C@@](O)(C(=O)[O-])C[C@@H](O)[C@@H]1O)Nc1ccccc1. The molecule has 1 aromatic carbocycles. The molecule has 0 unspecified atom stereocenters. The molecule has 1 aliphatic carbocycles. The zero-order valence-electron chi connectivity index (χ0n) is 12.3. The Morgan fingerprint density at radius 1 is 1.26 bits per heavy atom. The lowest BCUT2D eigenvalue weighted by Crippen LogP contribution is -2.53. The minimum atomic E-state index is -2.34. The number of rotatable bonds is 5. The number of carbonyl (C=O) groups excluding carboxylic acids is 2. The van der Waals surface area contributed by atoms with Gasteiger partial charge in [0.2, 0.25) is 5.91 Å². The molecule has 1 aliphatic rings. The summed E-state index contributed by atoms with van der Waals surface area (Å²) in [5.41, 5.74) is -1.63. The van der Waals surface area contributed by atoms with Gasteiger partial charge in [-0.05, 0) is 30.2 Å². The molecule has 0 spiro atoms. The summed E-state index contributed by atoms with van der Waals surface area (Å²) in [5.74, 6) is -2.09. The van der Waals surface area contributed by atoms with Crippen LogP contribution in [0, 0.1) is 0 Å². The largest absolute Gasteiger partial charge is 0.547 e. The molecule has 0 heterocycles. The lowest BCUT2D eigenvalue weighted by Gasteiger charge is -2.36. The average molecular weight is 320 g/mol. The van der Waals surface area contributed by atoms with E-state index < -0.39 is 30.2 Å². The van der Waals surface area contributed by atoms with Crippen molar-refractivity contribution in [1.29, 1.82) is 0 Å². The Balaban J connectivity index is 2.01. The maximum absolute atomic E-state index is 11.9. The summed E-state index contributed by atoms with van der Waals surface area (Å²) in [5, 5.41) is 43.1. The summed E-state index contributed by atoms with van der Waals surface area (Å²) in [6, 6.07) is 8.76. The Labute approximate surface area is 132 Å². The van der Waals surface area contributed by atoms with Gasteiger partial charge < -0.3 is 30.5 Å². The molecule has 124 valence electrons. The Kier molecular flexibility index (Phi) is 5.15. The second-order valence-electron chi connectivity index (χ2n) is 5.56. The van der Waals surface area contributed by atoms with Gasteiger partial charge in [-0.2, -0.15) is 0 Å². The van der Waals surface area contributed by atoms with Crippen LogP contribution in [0.5, 0.6) is 0 Å². The van der Waals surface area contributed by atoms with Gasteiger partial charge in [0.25, 0.3) is 0 Å². The third-order valence-corrected chi connectivity index (χ3v) is 3.74. The summed E-state index contributed by atoms with van der Waals surface area (Å²) in [6.45, 7) is 0. The molecule has 0 radical (unpaired) electrons. The zero-order valence-corrected chi connectivity index (χ0v) is 12.3. The number of amides is 1.